The molecule has 2 amide bonds. The maximum Gasteiger partial charge on any atom is 0.255 e. The Labute approximate surface area is 122 Å². The number of hydrogen-bond acceptors (Lipinski definition) is 2. The Morgan fingerprint density at radius 2 is 1.95 bits per heavy atom. The molecule has 1 rings (SSSR count). The molecule has 19 heavy (non-hydrogen) atoms. The average Bonchev–Trinajstić information content (AvgIpc) is 2.35. The van der Waals surface area contributed by atoms with Crippen LogP contribution in [0.1, 0.15) is 24.2 Å². The number of carbonyl (C=O) groups is 2. The lowest BCUT2D eigenvalue weighted by Crippen LogP contribution is -2.40. The minimum Gasteiger partial charge on any atom is -0.355 e. The van der Waals surface area contributed by atoms with E-state index in [0.717, 1.165) is 0 Å². The van der Waals surface area contributed by atoms with Crippen LogP contribution in [0, 0.1) is 0 Å². The van der Waals surface area contributed by atoms with E-state index in [2.05, 4.69) is 5.32 Å². The quantitative estimate of drug-likeness (QED) is 0.909. The Kier molecular flexibility index (Phi) is 6.12. The standard InChI is InChI=1S/C13H16Cl2N2O2/c1-3-16-12(18)8-17(4-2)13(19)10-6-5-9(14)7-11(10)15/h5-7H,3-4,8H2,1-2H3,(H,16,18). The molecule has 0 aliphatic rings. The van der Waals surface area contributed by atoms with Crippen molar-refractivity contribution < 1.29 is 9.59 Å². The zero-order valence-corrected chi connectivity index (χ0v) is 12.4. The van der Waals surface area contributed by atoms with Crippen LogP contribution in [0.15, 0.2) is 18.2 Å². The van der Waals surface area contributed by atoms with Gasteiger partial charge in [0.25, 0.3) is 5.91 Å². The van der Waals surface area contributed by atoms with Gasteiger partial charge in [-0.2, -0.15) is 0 Å². The van der Waals surface area contributed by atoms with Crippen molar-refractivity contribution in [1.82, 2.24) is 10.2 Å². The molecule has 0 aromatic heterocycles. The van der Waals surface area contributed by atoms with E-state index in [0.29, 0.717) is 23.7 Å². The van der Waals surface area contributed by atoms with Gasteiger partial charge in [-0.05, 0) is 32.0 Å². The molecule has 104 valence electrons. The Bertz CT molecular complexity index is 478. The molecule has 4 nitrogen and oxygen atoms in total. The zero-order chi connectivity index (χ0) is 14.4. The Morgan fingerprint density at radius 3 is 2.47 bits per heavy atom. The van der Waals surface area contributed by atoms with Gasteiger partial charge in [0.15, 0.2) is 0 Å². The van der Waals surface area contributed by atoms with E-state index >= 15 is 0 Å². The highest BCUT2D eigenvalue weighted by molar-refractivity contribution is 6.36. The van der Waals surface area contributed by atoms with Gasteiger partial charge in [-0.15, -0.1) is 0 Å². The molecule has 0 bridgehead atoms. The molecule has 0 saturated carbocycles. The minimum absolute atomic E-state index is 0.0160. The van der Waals surface area contributed by atoms with Crippen molar-refractivity contribution >= 4 is 35.0 Å². The first kappa shape index (κ1) is 15.8. The largest absolute Gasteiger partial charge is 0.355 e. The maximum atomic E-state index is 12.3. The van der Waals surface area contributed by atoms with Crippen molar-refractivity contribution in [2.45, 2.75) is 13.8 Å². The topological polar surface area (TPSA) is 49.4 Å². The molecule has 0 unspecified atom stereocenters. The lowest BCUT2D eigenvalue weighted by Gasteiger charge is -2.20. The van der Waals surface area contributed by atoms with E-state index < -0.39 is 0 Å². The third-order valence-corrected chi connectivity index (χ3v) is 3.09. The second-order valence-corrected chi connectivity index (χ2v) is 4.74. The fourth-order valence-corrected chi connectivity index (χ4v) is 2.08. The van der Waals surface area contributed by atoms with Crippen LogP contribution < -0.4 is 5.32 Å². The van der Waals surface area contributed by atoms with E-state index in [1.54, 1.807) is 19.1 Å². The molecule has 0 aliphatic carbocycles. The summed E-state index contributed by atoms with van der Waals surface area (Å²) in [4.78, 5) is 25.2. The lowest BCUT2D eigenvalue weighted by molar-refractivity contribution is -0.121. The van der Waals surface area contributed by atoms with Crippen LogP contribution in [0.2, 0.25) is 10.0 Å². The zero-order valence-electron chi connectivity index (χ0n) is 10.9. The molecule has 0 saturated heterocycles. The summed E-state index contributed by atoms with van der Waals surface area (Å²) in [7, 11) is 0. The lowest BCUT2D eigenvalue weighted by atomic mass is 10.2. The van der Waals surface area contributed by atoms with E-state index in [9.17, 15) is 9.59 Å². The van der Waals surface area contributed by atoms with Crippen molar-refractivity contribution in [2.75, 3.05) is 19.6 Å². The third-order valence-electron chi connectivity index (χ3n) is 2.54. The van der Waals surface area contributed by atoms with E-state index in [1.165, 1.54) is 11.0 Å². The Morgan fingerprint density at radius 1 is 1.26 bits per heavy atom. The number of likely N-dealkylation sites (N-methyl/N-ethyl adjacent to an activating group) is 2. The first-order valence-corrected chi connectivity index (χ1v) is 6.76. The first-order valence-electron chi connectivity index (χ1n) is 6.00. The molecule has 1 aromatic rings. The van der Waals surface area contributed by atoms with Crippen LogP contribution in [0.4, 0.5) is 0 Å². The minimum atomic E-state index is -0.282. The first-order chi connectivity index (χ1) is 8.99. The molecular weight excluding hydrogens is 287 g/mol. The predicted octanol–water partition coefficient (Wildman–Crippen LogP) is 2.59. The van der Waals surface area contributed by atoms with Crippen LogP contribution in [0.5, 0.6) is 0 Å². The molecule has 0 spiro atoms. The summed E-state index contributed by atoms with van der Waals surface area (Å²) in [5.41, 5.74) is 0.345. The van der Waals surface area contributed by atoms with Gasteiger partial charge >= 0.3 is 0 Å². The summed E-state index contributed by atoms with van der Waals surface area (Å²) in [6, 6.07) is 4.67. The van der Waals surface area contributed by atoms with Gasteiger partial charge in [0.2, 0.25) is 5.91 Å². The smallest absolute Gasteiger partial charge is 0.255 e. The molecule has 0 fully saturated rings. The number of benzene rings is 1. The second-order valence-electron chi connectivity index (χ2n) is 3.90. The summed E-state index contributed by atoms with van der Waals surface area (Å²) in [5.74, 6) is -0.474. The highest BCUT2D eigenvalue weighted by atomic mass is 35.5. The number of nitrogens with zero attached hydrogens (tertiary/aromatic N) is 1. The fraction of sp³-hybridized carbons (Fsp3) is 0.385. The van der Waals surface area contributed by atoms with Crippen molar-refractivity contribution in [1.29, 1.82) is 0 Å². The average molecular weight is 303 g/mol. The molecule has 1 N–H and O–H groups in total. The van der Waals surface area contributed by atoms with Crippen molar-refractivity contribution in [3.63, 3.8) is 0 Å². The van der Waals surface area contributed by atoms with Gasteiger partial charge in [0.05, 0.1) is 17.1 Å². The van der Waals surface area contributed by atoms with Crippen molar-refractivity contribution in [3.8, 4) is 0 Å². The van der Waals surface area contributed by atoms with Crippen LogP contribution in [0.3, 0.4) is 0 Å². The van der Waals surface area contributed by atoms with Crippen LogP contribution >= 0.6 is 23.2 Å². The van der Waals surface area contributed by atoms with Crippen LogP contribution in [-0.4, -0.2) is 36.3 Å². The van der Waals surface area contributed by atoms with Crippen LogP contribution in [-0.2, 0) is 4.79 Å². The van der Waals surface area contributed by atoms with E-state index in [-0.39, 0.29) is 23.4 Å². The maximum absolute atomic E-state index is 12.3. The number of amides is 2. The summed E-state index contributed by atoms with van der Waals surface area (Å²) in [6.45, 7) is 4.61. The Hall–Kier alpha value is -1.26. The molecule has 0 aliphatic heterocycles. The van der Waals surface area contributed by atoms with Gasteiger partial charge in [-0.1, -0.05) is 23.2 Å². The highest BCUT2D eigenvalue weighted by Gasteiger charge is 2.19. The van der Waals surface area contributed by atoms with E-state index in [1.807, 2.05) is 6.92 Å². The summed E-state index contributed by atoms with van der Waals surface area (Å²) >= 11 is 11.8. The molecule has 0 radical (unpaired) electrons. The number of carbonyl (C=O) groups excluding carboxylic acids is 2. The van der Waals surface area contributed by atoms with Crippen molar-refractivity contribution in [2.24, 2.45) is 0 Å². The van der Waals surface area contributed by atoms with Gasteiger partial charge in [-0.3, -0.25) is 9.59 Å². The number of rotatable bonds is 5. The van der Waals surface area contributed by atoms with Gasteiger partial charge < -0.3 is 10.2 Å². The summed E-state index contributed by atoms with van der Waals surface area (Å²) in [6.07, 6.45) is 0. The normalized spacial score (nSPS) is 10.1. The SMILES string of the molecule is CCNC(=O)CN(CC)C(=O)c1ccc(Cl)cc1Cl. The Balaban J connectivity index is 2.86. The molecular formula is C13H16Cl2N2O2. The summed E-state index contributed by atoms with van der Waals surface area (Å²) < 4.78 is 0. The summed E-state index contributed by atoms with van der Waals surface area (Å²) in [5, 5.41) is 3.40. The number of hydrogen-bond donors (Lipinski definition) is 1. The monoisotopic (exact) mass is 302 g/mol. The second kappa shape index (κ2) is 7.36. The van der Waals surface area contributed by atoms with Gasteiger partial charge in [0.1, 0.15) is 0 Å². The molecule has 6 heteroatoms. The van der Waals surface area contributed by atoms with E-state index in [4.69, 9.17) is 23.2 Å². The van der Waals surface area contributed by atoms with Crippen LogP contribution in [0.25, 0.3) is 0 Å². The number of nitrogens with one attached hydrogen (secondary N) is 1. The molecule has 0 atom stereocenters. The fourth-order valence-electron chi connectivity index (χ4n) is 1.59. The van der Waals surface area contributed by atoms with Crippen molar-refractivity contribution in [3.05, 3.63) is 33.8 Å². The highest BCUT2D eigenvalue weighted by Crippen LogP contribution is 2.22. The third kappa shape index (κ3) is 4.40. The van der Waals surface area contributed by atoms with Gasteiger partial charge in [-0.25, -0.2) is 0 Å². The number of halogens is 2. The predicted molar refractivity (Wildman–Crippen MR) is 76.7 cm³/mol. The molecule has 0 heterocycles. The molecule has 1 aromatic carbocycles. The van der Waals surface area contributed by atoms with Gasteiger partial charge in [0, 0.05) is 18.1 Å².